The first-order valence-corrected chi connectivity index (χ1v) is 5.55. The summed E-state index contributed by atoms with van der Waals surface area (Å²) in [6, 6.07) is 0. The molecular formula is C9H14N5O2S+. The molecule has 1 aromatic rings. The highest BCUT2D eigenvalue weighted by Gasteiger charge is 2.27. The number of rotatable bonds is 1. The Labute approximate surface area is 103 Å². The lowest BCUT2D eigenvalue weighted by Crippen LogP contribution is -2.69. The van der Waals surface area contributed by atoms with E-state index in [1.807, 2.05) is 4.90 Å². The number of hydrogen-bond acceptors (Lipinski definition) is 3. The van der Waals surface area contributed by atoms with Gasteiger partial charge in [-0.05, 0) is 18.6 Å². The molecule has 0 saturated carbocycles. The average Bonchev–Trinajstić information content (AvgIpc) is 2.65. The molecule has 0 unspecified atom stereocenters. The number of carboxylic acids is 1. The molecule has 1 aromatic heterocycles. The fraction of sp³-hybridized carbons (Fsp3) is 0.444. The van der Waals surface area contributed by atoms with Crippen LogP contribution in [-0.4, -0.2) is 37.4 Å². The van der Waals surface area contributed by atoms with E-state index in [4.69, 9.17) is 17.3 Å². The first kappa shape index (κ1) is 11.8. The number of fused-ring (bicyclic) bond motifs is 1. The van der Waals surface area contributed by atoms with Crippen LogP contribution in [-0.2, 0) is 20.0 Å². The Morgan fingerprint density at radius 3 is 2.94 bits per heavy atom. The van der Waals surface area contributed by atoms with Crippen molar-refractivity contribution < 1.29 is 15.7 Å². The summed E-state index contributed by atoms with van der Waals surface area (Å²) in [5.41, 5.74) is 4.53. The van der Waals surface area contributed by atoms with Gasteiger partial charge in [0.25, 0.3) is 0 Å². The van der Waals surface area contributed by atoms with E-state index >= 15 is 0 Å². The molecule has 17 heavy (non-hydrogen) atoms. The molecule has 0 aliphatic carbocycles. The van der Waals surface area contributed by atoms with Crippen LogP contribution in [0.4, 0.5) is 0 Å². The summed E-state index contributed by atoms with van der Waals surface area (Å²) in [6.45, 7) is 1.24. The number of aryl methyl sites for hydroxylation is 1. The number of nitrogens with zero attached hydrogens (tertiary/aromatic N) is 3. The standard InChI is InChI=1S/C9H13N5O2S/c1-13-6-4-14(9(17)11-10)3-2-5(6)7(12-13)8(15)16/h2-4,10H2,1H3,(H,11,17)(H,15,16)/p+1. The molecule has 0 atom stereocenters. The number of carboxylic acid groups (broad SMARTS) is 1. The number of thiocarbonyl (C=S) groups is 1. The molecule has 1 aliphatic rings. The van der Waals surface area contributed by atoms with Crippen LogP contribution in [0.1, 0.15) is 21.7 Å². The van der Waals surface area contributed by atoms with E-state index in [0.29, 0.717) is 24.6 Å². The third-order valence-electron chi connectivity index (χ3n) is 2.89. The lowest BCUT2D eigenvalue weighted by Gasteiger charge is -2.28. The average molecular weight is 256 g/mol. The summed E-state index contributed by atoms with van der Waals surface area (Å²) < 4.78 is 1.61. The highest BCUT2D eigenvalue weighted by Crippen LogP contribution is 2.21. The predicted molar refractivity (Wildman–Crippen MR) is 62.9 cm³/mol. The highest BCUT2D eigenvalue weighted by atomic mass is 32.1. The van der Waals surface area contributed by atoms with Crippen molar-refractivity contribution >= 4 is 23.3 Å². The Hall–Kier alpha value is -1.67. The van der Waals surface area contributed by atoms with Crippen molar-refractivity contribution in [2.75, 3.05) is 6.54 Å². The van der Waals surface area contributed by atoms with Crippen molar-refractivity contribution in [3.63, 3.8) is 0 Å². The van der Waals surface area contributed by atoms with Gasteiger partial charge in [-0.3, -0.25) is 10.5 Å². The molecule has 0 saturated heterocycles. The van der Waals surface area contributed by atoms with Gasteiger partial charge in [-0.25, -0.2) is 10.2 Å². The maximum atomic E-state index is 11.0. The molecule has 0 aromatic carbocycles. The van der Waals surface area contributed by atoms with Gasteiger partial charge in [0.1, 0.15) is 0 Å². The number of carbonyl (C=O) groups is 1. The topological polar surface area (TPSA) is 98.0 Å². The van der Waals surface area contributed by atoms with Crippen LogP contribution >= 0.6 is 12.2 Å². The van der Waals surface area contributed by atoms with Crippen LogP contribution in [0.3, 0.4) is 0 Å². The normalized spacial score (nSPS) is 14.4. The van der Waals surface area contributed by atoms with Crippen molar-refractivity contribution in [2.24, 2.45) is 7.05 Å². The van der Waals surface area contributed by atoms with Gasteiger partial charge in [-0.15, -0.1) is 0 Å². The minimum Gasteiger partial charge on any atom is -0.476 e. The second kappa shape index (κ2) is 4.30. The summed E-state index contributed by atoms with van der Waals surface area (Å²) in [6.07, 6.45) is 0.632. The maximum absolute atomic E-state index is 11.0. The third-order valence-corrected chi connectivity index (χ3v) is 3.29. The lowest BCUT2D eigenvalue weighted by atomic mass is 10.0. The molecule has 0 bridgehead atoms. The summed E-state index contributed by atoms with van der Waals surface area (Å²) in [5, 5.41) is 13.6. The largest absolute Gasteiger partial charge is 0.476 e. The Balaban J connectivity index is 2.33. The minimum absolute atomic E-state index is 0.149. The maximum Gasteiger partial charge on any atom is 0.356 e. The Kier molecular flexibility index (Phi) is 2.99. The second-order valence-corrected chi connectivity index (χ2v) is 4.24. The van der Waals surface area contributed by atoms with Gasteiger partial charge in [-0.2, -0.15) is 5.10 Å². The molecule has 2 rings (SSSR count). The van der Waals surface area contributed by atoms with E-state index < -0.39 is 5.97 Å². The predicted octanol–water partition coefficient (Wildman–Crippen LogP) is -1.49. The van der Waals surface area contributed by atoms with Gasteiger partial charge < -0.3 is 10.0 Å². The van der Waals surface area contributed by atoms with Crippen LogP contribution in [0.15, 0.2) is 0 Å². The zero-order chi connectivity index (χ0) is 12.6. The highest BCUT2D eigenvalue weighted by molar-refractivity contribution is 7.80. The summed E-state index contributed by atoms with van der Waals surface area (Å²) >= 11 is 5.11. The minimum atomic E-state index is -0.979. The number of nitrogens with one attached hydrogen (secondary N) is 1. The number of hydrogen-bond donors (Lipinski definition) is 3. The van der Waals surface area contributed by atoms with E-state index in [1.165, 1.54) is 0 Å². The van der Waals surface area contributed by atoms with Gasteiger partial charge in [0.2, 0.25) is 5.11 Å². The molecule has 0 fully saturated rings. The Bertz CT molecular complexity index is 484. The number of quaternary nitrogens is 1. The van der Waals surface area contributed by atoms with E-state index in [2.05, 4.69) is 16.4 Å². The molecule has 1 aliphatic heterocycles. The molecule has 92 valence electrons. The number of aromatic nitrogens is 2. The third kappa shape index (κ3) is 1.96. The summed E-state index contributed by atoms with van der Waals surface area (Å²) in [7, 11) is 1.75. The van der Waals surface area contributed by atoms with Crippen molar-refractivity contribution in [1.29, 1.82) is 0 Å². The number of aromatic carboxylic acids is 1. The van der Waals surface area contributed by atoms with Crippen molar-refractivity contribution in [1.82, 2.24) is 20.1 Å². The summed E-state index contributed by atoms with van der Waals surface area (Å²) in [4.78, 5) is 13.0. The molecule has 0 radical (unpaired) electrons. The fourth-order valence-corrected chi connectivity index (χ4v) is 2.18. The smallest absolute Gasteiger partial charge is 0.356 e. The van der Waals surface area contributed by atoms with Crippen molar-refractivity contribution in [2.45, 2.75) is 13.0 Å². The van der Waals surface area contributed by atoms with E-state index in [-0.39, 0.29) is 5.69 Å². The molecule has 2 heterocycles. The van der Waals surface area contributed by atoms with Crippen LogP contribution < -0.4 is 11.3 Å². The van der Waals surface area contributed by atoms with E-state index in [1.54, 1.807) is 11.7 Å². The quantitative estimate of drug-likeness (QED) is 0.418. The van der Waals surface area contributed by atoms with Crippen LogP contribution in [0.2, 0.25) is 0 Å². The van der Waals surface area contributed by atoms with Crippen LogP contribution in [0.5, 0.6) is 0 Å². The first-order valence-electron chi connectivity index (χ1n) is 5.14. The molecule has 8 heteroatoms. The second-order valence-electron chi connectivity index (χ2n) is 3.86. The fourth-order valence-electron chi connectivity index (χ4n) is 2.03. The van der Waals surface area contributed by atoms with Crippen LogP contribution in [0, 0.1) is 0 Å². The van der Waals surface area contributed by atoms with Gasteiger partial charge >= 0.3 is 5.97 Å². The Morgan fingerprint density at radius 1 is 1.65 bits per heavy atom. The zero-order valence-corrected chi connectivity index (χ0v) is 10.3. The SMILES string of the molecule is Cn1nc(C(=O)O)c2c1CN(C(=S)N[NH3+])CC2. The molecule has 0 amide bonds. The van der Waals surface area contributed by atoms with Gasteiger partial charge in [0.15, 0.2) is 5.69 Å². The monoisotopic (exact) mass is 256 g/mol. The van der Waals surface area contributed by atoms with Crippen molar-refractivity contribution in [3.8, 4) is 0 Å². The molecule has 0 spiro atoms. The van der Waals surface area contributed by atoms with Gasteiger partial charge in [-0.1, -0.05) is 0 Å². The molecule has 5 N–H and O–H groups in total. The van der Waals surface area contributed by atoms with E-state index in [9.17, 15) is 4.79 Å². The lowest BCUT2D eigenvalue weighted by molar-refractivity contribution is -0.420. The zero-order valence-electron chi connectivity index (χ0n) is 9.43. The van der Waals surface area contributed by atoms with Crippen LogP contribution in [0.25, 0.3) is 0 Å². The summed E-state index contributed by atoms with van der Waals surface area (Å²) in [5.74, 6) is 2.54. The van der Waals surface area contributed by atoms with E-state index in [0.717, 1.165) is 11.3 Å². The first-order chi connectivity index (χ1) is 8.04. The van der Waals surface area contributed by atoms with Crippen molar-refractivity contribution in [3.05, 3.63) is 17.0 Å². The molecule has 7 nitrogen and oxygen atoms in total. The van der Waals surface area contributed by atoms with Gasteiger partial charge in [0.05, 0.1) is 12.2 Å². The Morgan fingerprint density at radius 2 is 2.35 bits per heavy atom. The van der Waals surface area contributed by atoms with Gasteiger partial charge in [0, 0.05) is 19.2 Å². The molecular weight excluding hydrogens is 242 g/mol.